The number of nitrogens with zero attached hydrogens (tertiary/aromatic N) is 3. The first-order chi connectivity index (χ1) is 14.2. The number of fused-ring (bicyclic) bond motifs is 2. The average molecular weight is 425 g/mol. The fourth-order valence-corrected chi connectivity index (χ4v) is 5.79. The van der Waals surface area contributed by atoms with Gasteiger partial charge in [-0.15, -0.1) is 0 Å². The molecule has 7 heteroatoms. The van der Waals surface area contributed by atoms with E-state index in [0.717, 1.165) is 60.0 Å². The molecule has 0 unspecified atom stereocenters. The van der Waals surface area contributed by atoms with E-state index in [0.29, 0.717) is 0 Å². The van der Waals surface area contributed by atoms with Crippen molar-refractivity contribution in [1.29, 1.82) is 0 Å². The largest absolute Gasteiger partial charge is 0.345 e. The zero-order valence-electron chi connectivity index (χ0n) is 16.3. The predicted octanol–water partition coefficient (Wildman–Crippen LogP) is 4.34. The maximum absolute atomic E-state index is 11.4. The second-order valence-corrected chi connectivity index (χ2v) is 9.62. The summed E-state index contributed by atoms with van der Waals surface area (Å²) in [6.07, 6.45) is 3.47. The normalized spacial score (nSPS) is 15.5. The number of para-hydroxylation sites is 1. The van der Waals surface area contributed by atoms with Crippen LogP contribution in [0.25, 0.3) is 20.4 Å². The minimum absolute atomic E-state index is 0.0298. The molecule has 2 aromatic heterocycles. The van der Waals surface area contributed by atoms with Crippen LogP contribution in [0, 0.1) is 0 Å². The van der Waals surface area contributed by atoms with Gasteiger partial charge >= 0.3 is 4.87 Å². The number of hydrogen-bond acceptors (Lipinski definition) is 6. The molecule has 5 rings (SSSR count). The van der Waals surface area contributed by atoms with Crippen LogP contribution in [0.3, 0.4) is 0 Å². The van der Waals surface area contributed by atoms with Gasteiger partial charge in [-0.3, -0.25) is 9.69 Å². The Bertz CT molecular complexity index is 1140. The summed E-state index contributed by atoms with van der Waals surface area (Å²) in [6, 6.07) is 14.7. The van der Waals surface area contributed by atoms with Gasteiger partial charge in [-0.2, -0.15) is 0 Å². The summed E-state index contributed by atoms with van der Waals surface area (Å²) in [5, 5.41) is 1.16. The predicted molar refractivity (Wildman–Crippen MR) is 124 cm³/mol. The fraction of sp³-hybridized carbons (Fsp3) is 0.364. The van der Waals surface area contributed by atoms with Crippen molar-refractivity contribution in [1.82, 2.24) is 14.9 Å². The Morgan fingerprint density at radius 3 is 2.69 bits per heavy atom. The van der Waals surface area contributed by atoms with Gasteiger partial charge in [0.1, 0.15) is 0 Å². The van der Waals surface area contributed by atoms with E-state index in [1.165, 1.54) is 34.4 Å². The van der Waals surface area contributed by atoms with Crippen molar-refractivity contribution in [2.24, 2.45) is 0 Å². The molecule has 0 amide bonds. The fourth-order valence-electron chi connectivity index (χ4n) is 3.97. The lowest BCUT2D eigenvalue weighted by Gasteiger charge is -2.34. The van der Waals surface area contributed by atoms with Gasteiger partial charge in [0.05, 0.1) is 20.4 Å². The second kappa shape index (κ2) is 8.26. The Morgan fingerprint density at radius 1 is 0.966 bits per heavy atom. The third-order valence-electron chi connectivity index (χ3n) is 5.60. The number of piperazine rings is 1. The molecular formula is C22H24N4OS2. The lowest BCUT2D eigenvalue weighted by molar-refractivity contribution is 0.253. The first-order valence-corrected chi connectivity index (χ1v) is 11.8. The molecule has 0 aliphatic carbocycles. The quantitative estimate of drug-likeness (QED) is 0.468. The summed E-state index contributed by atoms with van der Waals surface area (Å²) in [5.74, 6) is 0. The van der Waals surface area contributed by atoms with E-state index in [4.69, 9.17) is 4.98 Å². The van der Waals surface area contributed by atoms with Crippen LogP contribution in [-0.4, -0.2) is 47.6 Å². The third-order valence-corrected chi connectivity index (χ3v) is 7.54. The summed E-state index contributed by atoms with van der Waals surface area (Å²) in [6.45, 7) is 5.50. The highest BCUT2D eigenvalue weighted by Gasteiger charge is 2.19. The van der Waals surface area contributed by atoms with Crippen molar-refractivity contribution in [3.05, 3.63) is 57.7 Å². The molecule has 4 aromatic rings. The maximum atomic E-state index is 11.4. The minimum atomic E-state index is 0.0298. The highest BCUT2D eigenvalue weighted by atomic mass is 32.1. The van der Waals surface area contributed by atoms with E-state index in [1.807, 2.05) is 6.07 Å². The number of unbranched alkanes of at least 4 members (excludes halogenated alkanes) is 1. The van der Waals surface area contributed by atoms with Gasteiger partial charge in [0, 0.05) is 26.2 Å². The molecule has 1 aliphatic rings. The van der Waals surface area contributed by atoms with Gasteiger partial charge in [0.25, 0.3) is 0 Å². The number of anilines is 1. The summed E-state index contributed by atoms with van der Waals surface area (Å²) in [7, 11) is 0. The number of rotatable bonds is 6. The number of nitrogens with one attached hydrogen (secondary N) is 1. The smallest absolute Gasteiger partial charge is 0.305 e. The van der Waals surface area contributed by atoms with E-state index in [1.54, 1.807) is 11.3 Å². The molecule has 150 valence electrons. The van der Waals surface area contributed by atoms with E-state index < -0.39 is 0 Å². The van der Waals surface area contributed by atoms with E-state index in [-0.39, 0.29) is 4.87 Å². The lowest BCUT2D eigenvalue weighted by Crippen LogP contribution is -2.46. The molecule has 0 atom stereocenters. The molecule has 1 fully saturated rings. The molecule has 3 heterocycles. The van der Waals surface area contributed by atoms with Gasteiger partial charge in [0.2, 0.25) is 0 Å². The van der Waals surface area contributed by atoms with Crippen LogP contribution in [0.2, 0.25) is 0 Å². The number of aromatic nitrogens is 2. The highest BCUT2D eigenvalue weighted by molar-refractivity contribution is 7.22. The van der Waals surface area contributed by atoms with Crippen molar-refractivity contribution in [3.8, 4) is 0 Å². The molecule has 0 spiro atoms. The zero-order chi connectivity index (χ0) is 19.6. The van der Waals surface area contributed by atoms with Crippen LogP contribution in [0.15, 0.2) is 47.3 Å². The first kappa shape index (κ1) is 18.8. The van der Waals surface area contributed by atoms with E-state index in [9.17, 15) is 4.79 Å². The molecule has 1 N–H and O–H groups in total. The van der Waals surface area contributed by atoms with Gasteiger partial charge < -0.3 is 9.88 Å². The second-order valence-electron chi connectivity index (χ2n) is 7.59. The molecule has 1 aliphatic heterocycles. The van der Waals surface area contributed by atoms with Crippen molar-refractivity contribution in [3.63, 3.8) is 0 Å². The molecule has 0 bridgehead atoms. The number of aromatic amines is 1. The molecule has 1 saturated heterocycles. The number of aryl methyl sites for hydroxylation is 1. The summed E-state index contributed by atoms with van der Waals surface area (Å²) >= 11 is 3.10. The van der Waals surface area contributed by atoms with Crippen LogP contribution >= 0.6 is 22.7 Å². The Hall–Kier alpha value is -2.22. The van der Waals surface area contributed by atoms with Gasteiger partial charge in [0.15, 0.2) is 5.13 Å². The Morgan fingerprint density at radius 2 is 1.83 bits per heavy atom. The molecule has 29 heavy (non-hydrogen) atoms. The number of thiazole rings is 2. The Kier molecular flexibility index (Phi) is 5.35. The monoisotopic (exact) mass is 424 g/mol. The van der Waals surface area contributed by atoms with Gasteiger partial charge in [-0.05, 0) is 55.6 Å². The van der Waals surface area contributed by atoms with Crippen LogP contribution in [0.5, 0.6) is 0 Å². The minimum Gasteiger partial charge on any atom is -0.345 e. The van der Waals surface area contributed by atoms with Crippen molar-refractivity contribution in [2.45, 2.75) is 19.3 Å². The van der Waals surface area contributed by atoms with Crippen LogP contribution in [0.1, 0.15) is 18.4 Å². The standard InChI is InChI=1S/C22H24N4OS2/c27-22-24-18-9-8-16(15-20(18)29-22)5-3-4-10-25-11-13-26(14-12-25)21-23-17-6-1-2-7-19(17)28-21/h1-2,6-9,15H,3-5,10-14H2,(H,24,27). The Labute approximate surface area is 177 Å². The molecule has 2 aromatic carbocycles. The van der Waals surface area contributed by atoms with Gasteiger partial charge in [-0.25, -0.2) is 4.98 Å². The highest BCUT2D eigenvalue weighted by Crippen LogP contribution is 2.29. The van der Waals surface area contributed by atoms with Gasteiger partial charge in [-0.1, -0.05) is 40.9 Å². The summed E-state index contributed by atoms with van der Waals surface area (Å²) in [4.78, 5) is 24.1. The first-order valence-electron chi connectivity index (χ1n) is 10.2. The van der Waals surface area contributed by atoms with E-state index in [2.05, 4.69) is 51.2 Å². The zero-order valence-corrected chi connectivity index (χ0v) is 17.9. The van der Waals surface area contributed by atoms with Crippen LogP contribution in [-0.2, 0) is 6.42 Å². The molecule has 0 saturated carbocycles. The summed E-state index contributed by atoms with van der Waals surface area (Å²) in [5.41, 5.74) is 3.39. The SMILES string of the molecule is O=c1[nH]c2ccc(CCCCN3CCN(c4nc5ccccc5s4)CC3)cc2s1. The average Bonchev–Trinajstić information content (AvgIpc) is 3.33. The number of H-pyrrole nitrogens is 1. The van der Waals surface area contributed by atoms with Crippen LogP contribution < -0.4 is 9.77 Å². The maximum Gasteiger partial charge on any atom is 0.305 e. The molecule has 0 radical (unpaired) electrons. The van der Waals surface area contributed by atoms with E-state index >= 15 is 0 Å². The lowest BCUT2D eigenvalue weighted by atomic mass is 10.1. The summed E-state index contributed by atoms with van der Waals surface area (Å²) < 4.78 is 2.34. The van der Waals surface area contributed by atoms with Crippen molar-refractivity contribution >= 4 is 48.2 Å². The third kappa shape index (κ3) is 4.22. The topological polar surface area (TPSA) is 52.2 Å². The number of benzene rings is 2. The Balaban J connectivity index is 1.08. The van der Waals surface area contributed by atoms with Crippen LogP contribution in [0.4, 0.5) is 5.13 Å². The van der Waals surface area contributed by atoms with Crippen molar-refractivity contribution < 1.29 is 0 Å². The van der Waals surface area contributed by atoms with Crippen molar-refractivity contribution in [2.75, 3.05) is 37.6 Å². The molecule has 5 nitrogen and oxygen atoms in total. The molecular weight excluding hydrogens is 400 g/mol. The number of hydrogen-bond donors (Lipinski definition) is 1.